The van der Waals surface area contributed by atoms with Crippen LogP contribution in [0.1, 0.15) is 30.9 Å². The SMILES string of the molecule is CNC(c1ccc2c(c1)oc(=O)n2C)C1CCCCO1. The number of nitrogens with zero attached hydrogens (tertiary/aromatic N) is 1. The first-order valence-electron chi connectivity index (χ1n) is 7.09. The lowest BCUT2D eigenvalue weighted by Gasteiger charge is -2.30. The average molecular weight is 276 g/mol. The number of benzene rings is 1. The van der Waals surface area contributed by atoms with E-state index in [1.807, 2.05) is 25.2 Å². The lowest BCUT2D eigenvalue weighted by Crippen LogP contribution is -2.34. The molecule has 1 aliphatic rings. The normalized spacial score (nSPS) is 21.2. The smallest absolute Gasteiger partial charge is 0.408 e. The van der Waals surface area contributed by atoms with Crippen molar-refractivity contribution in [3.8, 4) is 0 Å². The maximum Gasteiger partial charge on any atom is 0.419 e. The number of rotatable bonds is 3. The van der Waals surface area contributed by atoms with Crippen molar-refractivity contribution in [2.75, 3.05) is 13.7 Å². The number of nitrogens with one attached hydrogen (secondary N) is 1. The standard InChI is InChI=1S/C15H20N2O3/c1-16-14(12-5-3-4-8-19-12)10-6-7-11-13(9-10)20-15(18)17(11)2/h6-7,9,12,14,16H,3-5,8H2,1-2H3. The van der Waals surface area contributed by atoms with Gasteiger partial charge in [0.25, 0.3) is 0 Å². The molecule has 1 aromatic heterocycles. The molecule has 2 heterocycles. The summed E-state index contributed by atoms with van der Waals surface area (Å²) < 4.78 is 12.6. The number of aromatic nitrogens is 1. The fraction of sp³-hybridized carbons (Fsp3) is 0.533. The summed E-state index contributed by atoms with van der Waals surface area (Å²) >= 11 is 0. The highest BCUT2D eigenvalue weighted by molar-refractivity contribution is 5.73. The van der Waals surface area contributed by atoms with Crippen LogP contribution < -0.4 is 11.1 Å². The monoisotopic (exact) mass is 276 g/mol. The molecule has 20 heavy (non-hydrogen) atoms. The molecule has 2 unspecified atom stereocenters. The Morgan fingerprint density at radius 3 is 2.95 bits per heavy atom. The molecule has 1 fully saturated rings. The Morgan fingerprint density at radius 2 is 2.25 bits per heavy atom. The topological polar surface area (TPSA) is 56.4 Å². The van der Waals surface area contributed by atoms with Gasteiger partial charge in [-0.05, 0) is 44.0 Å². The third-order valence-electron chi connectivity index (χ3n) is 4.07. The minimum atomic E-state index is -0.327. The molecule has 2 aromatic rings. The summed E-state index contributed by atoms with van der Waals surface area (Å²) in [4.78, 5) is 11.5. The summed E-state index contributed by atoms with van der Waals surface area (Å²) in [5.41, 5.74) is 2.55. The van der Waals surface area contributed by atoms with Gasteiger partial charge in [-0.25, -0.2) is 4.79 Å². The van der Waals surface area contributed by atoms with Crippen molar-refractivity contribution in [3.05, 3.63) is 34.3 Å². The van der Waals surface area contributed by atoms with Gasteiger partial charge in [0.1, 0.15) is 0 Å². The quantitative estimate of drug-likeness (QED) is 0.931. The second-order valence-corrected chi connectivity index (χ2v) is 5.33. The van der Waals surface area contributed by atoms with Crippen LogP contribution in [0.2, 0.25) is 0 Å². The van der Waals surface area contributed by atoms with Gasteiger partial charge >= 0.3 is 5.76 Å². The second kappa shape index (κ2) is 5.42. The van der Waals surface area contributed by atoms with E-state index in [0.717, 1.165) is 30.5 Å². The van der Waals surface area contributed by atoms with Crippen LogP contribution in [0, 0.1) is 0 Å². The minimum Gasteiger partial charge on any atom is -0.408 e. The molecule has 1 aliphatic heterocycles. The van der Waals surface area contributed by atoms with Crippen molar-refractivity contribution in [3.63, 3.8) is 0 Å². The molecule has 5 heteroatoms. The molecule has 0 radical (unpaired) electrons. The zero-order valence-electron chi connectivity index (χ0n) is 11.9. The Morgan fingerprint density at radius 1 is 1.40 bits per heavy atom. The number of oxazole rings is 1. The van der Waals surface area contributed by atoms with Crippen molar-refractivity contribution in [2.45, 2.75) is 31.4 Å². The molecular weight excluding hydrogens is 256 g/mol. The first-order chi connectivity index (χ1) is 9.70. The molecule has 0 aliphatic carbocycles. The molecule has 3 rings (SSSR count). The fourth-order valence-electron chi connectivity index (χ4n) is 2.94. The van der Waals surface area contributed by atoms with E-state index in [9.17, 15) is 4.79 Å². The van der Waals surface area contributed by atoms with Crippen molar-refractivity contribution in [1.29, 1.82) is 0 Å². The lowest BCUT2D eigenvalue weighted by molar-refractivity contribution is -0.00660. The third kappa shape index (κ3) is 2.27. The number of fused-ring (bicyclic) bond motifs is 1. The maximum absolute atomic E-state index is 11.5. The van der Waals surface area contributed by atoms with Gasteiger partial charge in [0.05, 0.1) is 17.7 Å². The molecule has 0 amide bonds. The van der Waals surface area contributed by atoms with E-state index in [1.54, 1.807) is 7.05 Å². The van der Waals surface area contributed by atoms with Gasteiger partial charge in [0.15, 0.2) is 5.58 Å². The largest absolute Gasteiger partial charge is 0.419 e. The van der Waals surface area contributed by atoms with Crippen LogP contribution >= 0.6 is 0 Å². The molecule has 5 nitrogen and oxygen atoms in total. The Labute approximate surface area is 117 Å². The number of hydrogen-bond donors (Lipinski definition) is 1. The molecule has 1 N–H and O–H groups in total. The summed E-state index contributed by atoms with van der Waals surface area (Å²) in [5, 5.41) is 3.32. The van der Waals surface area contributed by atoms with E-state index in [4.69, 9.17) is 9.15 Å². The zero-order valence-corrected chi connectivity index (χ0v) is 11.9. The van der Waals surface area contributed by atoms with E-state index in [2.05, 4.69) is 5.32 Å². The van der Waals surface area contributed by atoms with E-state index in [1.165, 1.54) is 11.0 Å². The van der Waals surface area contributed by atoms with Crippen LogP contribution in [0.25, 0.3) is 11.1 Å². The van der Waals surface area contributed by atoms with Crippen LogP contribution in [0.5, 0.6) is 0 Å². The third-order valence-corrected chi connectivity index (χ3v) is 4.07. The Bertz CT molecular complexity index is 653. The summed E-state index contributed by atoms with van der Waals surface area (Å²) in [6, 6.07) is 6.04. The van der Waals surface area contributed by atoms with Gasteiger partial charge in [-0.3, -0.25) is 4.57 Å². The lowest BCUT2D eigenvalue weighted by atomic mass is 9.95. The summed E-state index contributed by atoms with van der Waals surface area (Å²) in [7, 11) is 3.65. The van der Waals surface area contributed by atoms with Crippen LogP contribution in [0.3, 0.4) is 0 Å². The van der Waals surface area contributed by atoms with E-state index in [-0.39, 0.29) is 17.9 Å². The van der Waals surface area contributed by atoms with E-state index >= 15 is 0 Å². The molecule has 0 bridgehead atoms. The predicted octanol–water partition coefficient (Wildman–Crippen LogP) is 1.96. The Hall–Kier alpha value is -1.59. The molecule has 2 atom stereocenters. The number of aryl methyl sites for hydroxylation is 1. The molecule has 0 saturated carbocycles. The Balaban J connectivity index is 1.96. The number of ether oxygens (including phenoxy) is 1. The van der Waals surface area contributed by atoms with Crippen LogP contribution in [0.15, 0.2) is 27.4 Å². The Kier molecular flexibility index (Phi) is 3.63. The molecular formula is C15H20N2O3. The highest BCUT2D eigenvalue weighted by Gasteiger charge is 2.25. The van der Waals surface area contributed by atoms with E-state index < -0.39 is 0 Å². The van der Waals surface area contributed by atoms with Crippen LogP contribution in [-0.4, -0.2) is 24.3 Å². The van der Waals surface area contributed by atoms with Gasteiger partial charge in [-0.2, -0.15) is 0 Å². The zero-order chi connectivity index (χ0) is 14.1. The van der Waals surface area contributed by atoms with Crippen molar-refractivity contribution >= 4 is 11.1 Å². The van der Waals surface area contributed by atoms with Gasteiger partial charge in [0.2, 0.25) is 0 Å². The van der Waals surface area contributed by atoms with Crippen LogP contribution in [-0.2, 0) is 11.8 Å². The molecule has 0 spiro atoms. The number of hydrogen-bond acceptors (Lipinski definition) is 4. The van der Waals surface area contributed by atoms with Gasteiger partial charge < -0.3 is 14.5 Å². The summed E-state index contributed by atoms with van der Waals surface area (Å²) in [5.74, 6) is -0.327. The highest BCUT2D eigenvalue weighted by atomic mass is 16.5. The van der Waals surface area contributed by atoms with Gasteiger partial charge in [-0.15, -0.1) is 0 Å². The molecule has 108 valence electrons. The second-order valence-electron chi connectivity index (χ2n) is 5.33. The minimum absolute atomic E-state index is 0.130. The van der Waals surface area contributed by atoms with Gasteiger partial charge in [0, 0.05) is 13.7 Å². The number of likely N-dealkylation sites (N-methyl/N-ethyl adjacent to an activating group) is 1. The summed E-state index contributed by atoms with van der Waals surface area (Å²) in [6.07, 6.45) is 3.58. The highest BCUT2D eigenvalue weighted by Crippen LogP contribution is 2.28. The molecule has 1 aromatic carbocycles. The van der Waals surface area contributed by atoms with Gasteiger partial charge in [-0.1, -0.05) is 6.07 Å². The average Bonchev–Trinajstić information content (AvgIpc) is 2.76. The fourth-order valence-corrected chi connectivity index (χ4v) is 2.94. The van der Waals surface area contributed by atoms with Crippen LogP contribution in [0.4, 0.5) is 0 Å². The predicted molar refractivity (Wildman–Crippen MR) is 76.8 cm³/mol. The maximum atomic E-state index is 11.5. The first kappa shape index (κ1) is 13.4. The first-order valence-corrected chi connectivity index (χ1v) is 7.09. The van der Waals surface area contributed by atoms with Crippen molar-refractivity contribution < 1.29 is 9.15 Å². The molecule has 1 saturated heterocycles. The summed E-state index contributed by atoms with van der Waals surface area (Å²) in [6.45, 7) is 0.825. The van der Waals surface area contributed by atoms with E-state index in [0.29, 0.717) is 5.58 Å². The van der Waals surface area contributed by atoms with Crippen molar-refractivity contribution in [1.82, 2.24) is 9.88 Å². The van der Waals surface area contributed by atoms with Crippen molar-refractivity contribution in [2.24, 2.45) is 7.05 Å².